The van der Waals surface area contributed by atoms with E-state index < -0.39 is 23.4 Å². The molecule has 3 aromatic rings. The Hall–Kier alpha value is -3.75. The van der Waals surface area contributed by atoms with E-state index in [1.165, 1.54) is 12.7 Å². The fourth-order valence-corrected chi connectivity index (χ4v) is 5.44. The molecular weight excluding hydrogens is 535 g/mol. The molecule has 9 heteroatoms. The third kappa shape index (κ3) is 7.93. The fourth-order valence-electron chi connectivity index (χ4n) is 5.44. The van der Waals surface area contributed by atoms with Crippen LogP contribution in [0.5, 0.6) is 0 Å². The van der Waals surface area contributed by atoms with Crippen molar-refractivity contribution in [3.63, 3.8) is 0 Å². The average molecular weight is 570 g/mol. The van der Waals surface area contributed by atoms with Gasteiger partial charge >= 0.3 is 12.1 Å². The summed E-state index contributed by atoms with van der Waals surface area (Å²) in [6.45, 7) is 1.72. The number of hydrogen-bond donors (Lipinski definition) is 0. The monoisotopic (exact) mass is 569 g/mol. The van der Waals surface area contributed by atoms with E-state index in [-0.39, 0.29) is 43.3 Å². The molecular formula is C32H34F3NO5. The van der Waals surface area contributed by atoms with Crippen molar-refractivity contribution in [2.24, 2.45) is 5.92 Å². The molecule has 41 heavy (non-hydrogen) atoms. The molecule has 2 aromatic carbocycles. The van der Waals surface area contributed by atoms with Crippen LogP contribution in [0.1, 0.15) is 90.2 Å². The summed E-state index contributed by atoms with van der Waals surface area (Å²) < 4.78 is 50.6. The van der Waals surface area contributed by atoms with E-state index in [4.69, 9.17) is 9.15 Å². The topological polar surface area (TPSA) is 86.5 Å². The number of hydrogen-bond acceptors (Lipinski definition) is 6. The lowest BCUT2D eigenvalue weighted by Gasteiger charge is -2.28. The largest absolute Gasteiger partial charge is 0.469 e. The van der Waals surface area contributed by atoms with Gasteiger partial charge in [-0.05, 0) is 73.6 Å². The zero-order chi connectivity index (χ0) is 29.6. The van der Waals surface area contributed by atoms with Gasteiger partial charge in [0.05, 0.1) is 7.11 Å². The summed E-state index contributed by atoms with van der Waals surface area (Å²) in [7, 11) is 1.41. The number of nitrogens with zero attached hydrogens (tertiary/aromatic N) is 1. The number of alkyl halides is 3. The maximum Gasteiger partial charge on any atom is 0.452 e. The number of ketones is 2. The minimum Gasteiger partial charge on any atom is -0.469 e. The maximum atomic E-state index is 13.6. The minimum atomic E-state index is -4.87. The number of oxazole rings is 1. The lowest BCUT2D eigenvalue weighted by molar-refractivity contribution is -0.153. The fraction of sp³-hybridized carbons (Fsp3) is 0.438. The van der Waals surface area contributed by atoms with Gasteiger partial charge < -0.3 is 9.15 Å². The first kappa shape index (κ1) is 30.2. The van der Waals surface area contributed by atoms with Crippen molar-refractivity contribution in [2.75, 3.05) is 7.11 Å². The SMILES string of the molecule is COC(=O)CC1CCC(c2ccc(CC(=O)CCCC(=O)c3nc(-c4ccccc4C)oc3C(F)(F)F)cc2)CC1. The Morgan fingerprint density at radius 3 is 2.29 bits per heavy atom. The normalized spacial score (nSPS) is 17.3. The summed E-state index contributed by atoms with van der Waals surface area (Å²) in [5.41, 5.74) is 2.36. The number of Topliss-reactive ketones (excluding diaryl/α,β-unsaturated/α-hetero) is 2. The molecule has 1 aromatic heterocycles. The highest BCUT2D eigenvalue weighted by Gasteiger charge is 2.41. The van der Waals surface area contributed by atoms with Crippen LogP contribution < -0.4 is 0 Å². The van der Waals surface area contributed by atoms with Gasteiger partial charge in [-0.1, -0.05) is 42.5 Å². The van der Waals surface area contributed by atoms with Crippen LogP contribution in [0.4, 0.5) is 13.2 Å². The van der Waals surface area contributed by atoms with Crippen molar-refractivity contribution in [1.82, 2.24) is 4.98 Å². The van der Waals surface area contributed by atoms with Crippen LogP contribution in [-0.4, -0.2) is 29.6 Å². The van der Waals surface area contributed by atoms with Crippen molar-refractivity contribution in [3.8, 4) is 11.5 Å². The van der Waals surface area contributed by atoms with Gasteiger partial charge in [0, 0.05) is 31.2 Å². The molecule has 0 radical (unpaired) electrons. The molecule has 0 unspecified atom stereocenters. The van der Waals surface area contributed by atoms with Crippen molar-refractivity contribution in [1.29, 1.82) is 0 Å². The van der Waals surface area contributed by atoms with Crippen LogP contribution in [0.15, 0.2) is 52.9 Å². The maximum absolute atomic E-state index is 13.6. The first-order chi connectivity index (χ1) is 19.5. The van der Waals surface area contributed by atoms with Crippen molar-refractivity contribution in [2.45, 2.75) is 76.8 Å². The lowest BCUT2D eigenvalue weighted by atomic mass is 9.77. The van der Waals surface area contributed by atoms with Crippen LogP contribution in [0.25, 0.3) is 11.5 Å². The van der Waals surface area contributed by atoms with Crippen molar-refractivity contribution < 1.29 is 36.7 Å². The van der Waals surface area contributed by atoms with Crippen LogP contribution >= 0.6 is 0 Å². The van der Waals surface area contributed by atoms with Gasteiger partial charge in [-0.2, -0.15) is 13.2 Å². The van der Waals surface area contributed by atoms with Crippen molar-refractivity contribution in [3.05, 3.63) is 76.7 Å². The van der Waals surface area contributed by atoms with E-state index in [9.17, 15) is 27.6 Å². The second-order valence-electron chi connectivity index (χ2n) is 10.7. The highest BCUT2D eigenvalue weighted by Crippen LogP contribution is 2.38. The molecule has 0 N–H and O–H groups in total. The van der Waals surface area contributed by atoms with E-state index in [0.717, 1.165) is 31.2 Å². The standard InChI is InChI=1S/C32H34F3NO5/c1-20-6-3-4-8-26(20)31-36-29(30(41-31)32(33,34)35)27(38)9-5-7-25(37)18-21-10-14-23(15-11-21)24-16-12-22(13-17-24)19-28(39)40-2/h3-4,6,8,10-11,14-15,22,24H,5,7,9,12-13,16-19H2,1-2H3. The Kier molecular flexibility index (Phi) is 9.78. The number of carbonyl (C=O) groups is 3. The highest BCUT2D eigenvalue weighted by atomic mass is 19.4. The molecule has 0 atom stereocenters. The van der Waals surface area contributed by atoms with E-state index in [1.54, 1.807) is 31.2 Å². The number of halogens is 3. The Morgan fingerprint density at radius 1 is 0.976 bits per heavy atom. The molecule has 6 nitrogen and oxygen atoms in total. The highest BCUT2D eigenvalue weighted by molar-refractivity contribution is 5.96. The number of aromatic nitrogens is 1. The molecule has 0 aliphatic heterocycles. The lowest BCUT2D eigenvalue weighted by Crippen LogP contribution is -2.17. The molecule has 4 rings (SSSR count). The summed E-state index contributed by atoms with van der Waals surface area (Å²) in [6.07, 6.45) is -0.313. The van der Waals surface area contributed by atoms with Gasteiger partial charge in [-0.25, -0.2) is 4.98 Å². The summed E-state index contributed by atoms with van der Waals surface area (Å²) in [5.74, 6) is -1.95. The molecule has 0 spiro atoms. The van der Waals surface area contributed by atoms with Gasteiger partial charge in [0.1, 0.15) is 5.78 Å². The second kappa shape index (κ2) is 13.3. The number of esters is 1. The molecule has 1 fully saturated rings. The van der Waals surface area contributed by atoms with Crippen LogP contribution in [-0.2, 0) is 26.9 Å². The van der Waals surface area contributed by atoms with E-state index >= 15 is 0 Å². The number of carbonyl (C=O) groups excluding carboxylic acids is 3. The first-order valence-electron chi connectivity index (χ1n) is 13.9. The number of aryl methyl sites for hydroxylation is 1. The number of rotatable bonds is 11. The molecule has 0 amide bonds. The van der Waals surface area contributed by atoms with Gasteiger partial charge in [0.2, 0.25) is 11.7 Å². The smallest absolute Gasteiger partial charge is 0.452 e. The summed E-state index contributed by atoms with van der Waals surface area (Å²) in [6, 6.07) is 14.6. The third-order valence-corrected chi connectivity index (χ3v) is 7.77. The van der Waals surface area contributed by atoms with Crippen molar-refractivity contribution >= 4 is 17.5 Å². The second-order valence-corrected chi connectivity index (χ2v) is 10.7. The summed E-state index contributed by atoms with van der Waals surface area (Å²) in [4.78, 5) is 40.7. The Balaban J connectivity index is 1.28. The molecule has 0 saturated heterocycles. The first-order valence-corrected chi connectivity index (χ1v) is 13.9. The Bertz CT molecular complexity index is 1370. The van der Waals surface area contributed by atoms with Crippen LogP contribution in [0.3, 0.4) is 0 Å². The van der Waals surface area contributed by atoms with Crippen LogP contribution in [0, 0.1) is 12.8 Å². The van der Waals surface area contributed by atoms with Crippen LogP contribution in [0.2, 0.25) is 0 Å². The van der Waals surface area contributed by atoms with E-state index in [0.29, 0.717) is 29.4 Å². The third-order valence-electron chi connectivity index (χ3n) is 7.77. The van der Waals surface area contributed by atoms with Gasteiger partial charge in [-0.3, -0.25) is 14.4 Å². The zero-order valence-corrected chi connectivity index (χ0v) is 23.3. The number of methoxy groups -OCH3 is 1. The predicted octanol–water partition coefficient (Wildman–Crippen LogP) is 7.67. The van der Waals surface area contributed by atoms with E-state index in [2.05, 4.69) is 4.98 Å². The van der Waals surface area contributed by atoms with Gasteiger partial charge in [-0.15, -0.1) is 0 Å². The predicted molar refractivity (Wildman–Crippen MR) is 146 cm³/mol. The molecule has 1 heterocycles. The summed E-state index contributed by atoms with van der Waals surface area (Å²) in [5, 5.41) is 0. The van der Waals surface area contributed by atoms with Gasteiger partial charge in [0.15, 0.2) is 11.5 Å². The average Bonchev–Trinajstić information content (AvgIpc) is 3.40. The molecule has 1 aliphatic carbocycles. The molecule has 218 valence electrons. The Labute approximate surface area is 237 Å². The van der Waals surface area contributed by atoms with Gasteiger partial charge in [0.25, 0.3) is 0 Å². The molecule has 1 aliphatic rings. The molecule has 0 bridgehead atoms. The zero-order valence-electron chi connectivity index (χ0n) is 23.3. The molecule has 1 saturated carbocycles. The number of benzene rings is 2. The van der Waals surface area contributed by atoms with E-state index in [1.807, 2.05) is 24.3 Å². The quantitative estimate of drug-likeness (QED) is 0.174. The summed E-state index contributed by atoms with van der Waals surface area (Å²) >= 11 is 0. The number of ether oxygens (including phenoxy) is 1. The Morgan fingerprint density at radius 2 is 1.66 bits per heavy atom. The minimum absolute atomic E-state index is 0.0710.